The highest BCUT2D eigenvalue weighted by molar-refractivity contribution is 5.96. The number of hydrogen-bond acceptors (Lipinski definition) is 3. The van der Waals surface area contributed by atoms with Gasteiger partial charge >= 0.3 is 0 Å². The van der Waals surface area contributed by atoms with Crippen molar-refractivity contribution in [3.63, 3.8) is 0 Å². The number of carbonyl (C=O) groups excluding carboxylic acids is 2. The first-order chi connectivity index (χ1) is 8.86. The number of methoxy groups -OCH3 is 1. The van der Waals surface area contributed by atoms with Crippen LogP contribution < -0.4 is 5.32 Å². The largest absolute Gasteiger partial charge is 0.377 e. The second-order valence-electron chi connectivity index (χ2n) is 5.70. The van der Waals surface area contributed by atoms with Crippen LogP contribution in [0.1, 0.15) is 47.0 Å². The molecule has 0 spiro atoms. The van der Waals surface area contributed by atoms with Crippen LogP contribution in [0.25, 0.3) is 0 Å². The number of ether oxygens (including phenoxy) is 1. The van der Waals surface area contributed by atoms with Crippen molar-refractivity contribution >= 4 is 11.8 Å². The van der Waals surface area contributed by atoms with E-state index in [1.165, 1.54) is 0 Å². The molecule has 0 aliphatic carbocycles. The summed E-state index contributed by atoms with van der Waals surface area (Å²) < 4.78 is 5.39. The summed E-state index contributed by atoms with van der Waals surface area (Å²) in [4.78, 5) is 26.3. The molecule has 5 nitrogen and oxygen atoms in total. The van der Waals surface area contributed by atoms with Gasteiger partial charge in [0.05, 0.1) is 12.1 Å². The summed E-state index contributed by atoms with van der Waals surface area (Å²) >= 11 is 0. The molecule has 110 valence electrons. The standard InChI is InChI=1S/C14H26N2O3/c1-6-8-10-13(18)16(9-14(3,4)19-5)11(7-2)12(17)15-10/h10-11H,6-9H2,1-5H3,(H,15,17). The monoisotopic (exact) mass is 270 g/mol. The van der Waals surface area contributed by atoms with Crippen molar-refractivity contribution in [1.82, 2.24) is 10.2 Å². The van der Waals surface area contributed by atoms with Crippen molar-refractivity contribution < 1.29 is 14.3 Å². The maximum atomic E-state index is 12.5. The van der Waals surface area contributed by atoms with Gasteiger partial charge in [-0.15, -0.1) is 0 Å². The van der Waals surface area contributed by atoms with Crippen molar-refractivity contribution in [2.24, 2.45) is 0 Å². The van der Waals surface area contributed by atoms with Crippen molar-refractivity contribution in [1.29, 1.82) is 0 Å². The Morgan fingerprint density at radius 1 is 1.32 bits per heavy atom. The van der Waals surface area contributed by atoms with Crippen molar-refractivity contribution in [2.75, 3.05) is 13.7 Å². The molecule has 0 aromatic heterocycles. The molecule has 1 heterocycles. The molecule has 5 heteroatoms. The first-order valence-electron chi connectivity index (χ1n) is 7.02. The van der Waals surface area contributed by atoms with E-state index in [2.05, 4.69) is 5.32 Å². The van der Waals surface area contributed by atoms with E-state index in [0.29, 0.717) is 19.4 Å². The number of nitrogens with one attached hydrogen (secondary N) is 1. The van der Waals surface area contributed by atoms with Crippen LogP contribution in [-0.4, -0.2) is 48.1 Å². The van der Waals surface area contributed by atoms with E-state index in [1.54, 1.807) is 12.0 Å². The summed E-state index contributed by atoms with van der Waals surface area (Å²) in [6.45, 7) is 8.22. The van der Waals surface area contributed by atoms with Crippen LogP contribution in [0.4, 0.5) is 0 Å². The Hall–Kier alpha value is -1.10. The minimum Gasteiger partial charge on any atom is -0.377 e. The quantitative estimate of drug-likeness (QED) is 0.792. The molecular weight excluding hydrogens is 244 g/mol. The number of nitrogens with zero attached hydrogens (tertiary/aromatic N) is 1. The lowest BCUT2D eigenvalue weighted by Crippen LogP contribution is -2.65. The first kappa shape index (κ1) is 16.0. The Morgan fingerprint density at radius 2 is 1.95 bits per heavy atom. The second-order valence-corrected chi connectivity index (χ2v) is 5.70. The van der Waals surface area contributed by atoms with E-state index in [1.807, 2.05) is 27.7 Å². The molecule has 1 rings (SSSR count). The van der Waals surface area contributed by atoms with Crippen LogP contribution in [0.2, 0.25) is 0 Å². The minimum atomic E-state index is -0.447. The van der Waals surface area contributed by atoms with Crippen LogP contribution in [0, 0.1) is 0 Å². The smallest absolute Gasteiger partial charge is 0.245 e. The fraction of sp³-hybridized carbons (Fsp3) is 0.857. The first-order valence-corrected chi connectivity index (χ1v) is 7.02. The summed E-state index contributed by atoms with van der Waals surface area (Å²) in [5.74, 6) is -0.0362. The van der Waals surface area contributed by atoms with E-state index in [0.717, 1.165) is 6.42 Å². The van der Waals surface area contributed by atoms with Gasteiger partial charge in [-0.1, -0.05) is 20.3 Å². The fourth-order valence-corrected chi connectivity index (χ4v) is 2.38. The molecule has 0 bridgehead atoms. The number of rotatable bonds is 6. The van der Waals surface area contributed by atoms with Gasteiger partial charge < -0.3 is 15.0 Å². The van der Waals surface area contributed by atoms with Crippen LogP contribution in [0.5, 0.6) is 0 Å². The van der Waals surface area contributed by atoms with E-state index >= 15 is 0 Å². The molecule has 0 aromatic rings. The summed E-state index contributed by atoms with van der Waals surface area (Å²) in [7, 11) is 1.62. The van der Waals surface area contributed by atoms with Gasteiger partial charge in [-0.05, 0) is 26.7 Å². The molecule has 1 N–H and O–H groups in total. The zero-order valence-electron chi connectivity index (χ0n) is 12.7. The van der Waals surface area contributed by atoms with Gasteiger partial charge in [-0.3, -0.25) is 9.59 Å². The third-order valence-corrected chi connectivity index (χ3v) is 3.64. The number of piperazine rings is 1. The molecule has 2 atom stereocenters. The highest BCUT2D eigenvalue weighted by Gasteiger charge is 2.41. The van der Waals surface area contributed by atoms with E-state index in [-0.39, 0.29) is 23.9 Å². The van der Waals surface area contributed by atoms with Gasteiger partial charge in [-0.2, -0.15) is 0 Å². The Morgan fingerprint density at radius 3 is 2.42 bits per heavy atom. The SMILES string of the molecule is CCCC1NC(=O)C(CC)N(CC(C)(C)OC)C1=O. The number of amides is 2. The highest BCUT2D eigenvalue weighted by Crippen LogP contribution is 2.20. The average molecular weight is 270 g/mol. The van der Waals surface area contributed by atoms with Gasteiger partial charge in [0.15, 0.2) is 0 Å². The molecule has 1 saturated heterocycles. The van der Waals surface area contributed by atoms with Crippen LogP contribution in [0.3, 0.4) is 0 Å². The summed E-state index contributed by atoms with van der Waals surface area (Å²) in [5.41, 5.74) is -0.447. The van der Waals surface area contributed by atoms with Gasteiger partial charge in [-0.25, -0.2) is 0 Å². The van der Waals surface area contributed by atoms with E-state index < -0.39 is 5.60 Å². The highest BCUT2D eigenvalue weighted by atomic mass is 16.5. The predicted octanol–water partition coefficient (Wildman–Crippen LogP) is 1.32. The van der Waals surface area contributed by atoms with Crippen LogP contribution in [-0.2, 0) is 14.3 Å². The van der Waals surface area contributed by atoms with Gasteiger partial charge in [0, 0.05) is 7.11 Å². The normalized spacial score (nSPS) is 24.6. The zero-order valence-corrected chi connectivity index (χ0v) is 12.7. The Balaban J connectivity index is 2.92. The molecule has 19 heavy (non-hydrogen) atoms. The van der Waals surface area contributed by atoms with Gasteiger partial charge in [0.2, 0.25) is 11.8 Å². The van der Waals surface area contributed by atoms with E-state index in [9.17, 15) is 9.59 Å². The van der Waals surface area contributed by atoms with Crippen LogP contribution >= 0.6 is 0 Å². The molecule has 0 aromatic carbocycles. The maximum Gasteiger partial charge on any atom is 0.245 e. The lowest BCUT2D eigenvalue weighted by molar-refractivity contribution is -0.153. The zero-order chi connectivity index (χ0) is 14.6. The molecular formula is C14H26N2O3. The topological polar surface area (TPSA) is 58.6 Å². The molecule has 2 unspecified atom stereocenters. The maximum absolute atomic E-state index is 12.5. The third-order valence-electron chi connectivity index (χ3n) is 3.64. The predicted molar refractivity (Wildman–Crippen MR) is 73.7 cm³/mol. The van der Waals surface area contributed by atoms with Gasteiger partial charge in [0.1, 0.15) is 12.1 Å². The Labute approximate surface area is 115 Å². The summed E-state index contributed by atoms with van der Waals surface area (Å²) in [6, 6.07) is -0.761. The molecule has 1 fully saturated rings. The summed E-state index contributed by atoms with van der Waals surface area (Å²) in [6.07, 6.45) is 2.18. The lowest BCUT2D eigenvalue weighted by atomic mass is 9.99. The second kappa shape index (κ2) is 6.37. The van der Waals surface area contributed by atoms with Crippen molar-refractivity contribution in [3.8, 4) is 0 Å². The molecule has 1 aliphatic heterocycles. The van der Waals surface area contributed by atoms with Crippen molar-refractivity contribution in [2.45, 2.75) is 64.6 Å². The number of hydrogen-bond donors (Lipinski definition) is 1. The van der Waals surface area contributed by atoms with Crippen molar-refractivity contribution in [3.05, 3.63) is 0 Å². The molecule has 0 radical (unpaired) electrons. The van der Waals surface area contributed by atoms with E-state index in [4.69, 9.17) is 4.74 Å². The number of carbonyl (C=O) groups is 2. The molecule has 0 saturated carbocycles. The Bertz CT molecular complexity index is 342. The minimum absolute atomic E-state index is 0.0124. The molecule has 1 aliphatic rings. The average Bonchev–Trinajstić information content (AvgIpc) is 2.35. The third kappa shape index (κ3) is 3.69. The fourth-order valence-electron chi connectivity index (χ4n) is 2.38. The van der Waals surface area contributed by atoms with Gasteiger partial charge in [0.25, 0.3) is 0 Å². The van der Waals surface area contributed by atoms with Crippen LogP contribution in [0.15, 0.2) is 0 Å². The summed E-state index contributed by atoms with van der Waals surface area (Å²) in [5, 5.41) is 2.83. The Kier molecular flexibility index (Phi) is 5.35. The molecule has 2 amide bonds. The lowest BCUT2D eigenvalue weighted by Gasteiger charge is -2.42.